The van der Waals surface area contributed by atoms with E-state index >= 15 is 0 Å². The van der Waals surface area contributed by atoms with Gasteiger partial charge in [0.05, 0.1) is 11.3 Å². The van der Waals surface area contributed by atoms with E-state index in [4.69, 9.17) is 0 Å². The van der Waals surface area contributed by atoms with E-state index in [1.54, 1.807) is 48.5 Å². The Labute approximate surface area is 148 Å². The number of rotatable bonds is 3. The maximum Gasteiger partial charge on any atom is 0.244 e. The Hall–Kier alpha value is -3.19. The van der Waals surface area contributed by atoms with Gasteiger partial charge in [0.15, 0.2) is 0 Å². The number of para-hydroxylation sites is 2. The molecule has 132 valence electrons. The van der Waals surface area contributed by atoms with Crippen LogP contribution in [0.15, 0.2) is 54.6 Å². The van der Waals surface area contributed by atoms with E-state index in [-0.39, 0.29) is 5.75 Å². The van der Waals surface area contributed by atoms with E-state index in [1.165, 1.54) is 11.4 Å². The number of phenolic OH excluding ortho intramolecular Hbond substituents is 1. The second-order valence-electron chi connectivity index (χ2n) is 6.52. The number of imide groups is 1. The van der Waals surface area contributed by atoms with Crippen LogP contribution in [0.4, 0.5) is 5.69 Å². The minimum Gasteiger partial charge on any atom is -0.544 e. The van der Waals surface area contributed by atoms with Crippen molar-refractivity contribution in [2.75, 3.05) is 4.90 Å². The first-order valence-corrected chi connectivity index (χ1v) is 8.27. The number of hydrogen-bond acceptors (Lipinski definition) is 5. The summed E-state index contributed by atoms with van der Waals surface area (Å²) in [7, 11) is 0. The summed E-state index contributed by atoms with van der Waals surface area (Å²) >= 11 is 0. The van der Waals surface area contributed by atoms with Crippen molar-refractivity contribution < 1.29 is 29.9 Å². The van der Waals surface area contributed by atoms with Gasteiger partial charge in [0.1, 0.15) is 35.6 Å². The number of benzene rings is 2. The number of quaternary nitrogens is 1. The highest BCUT2D eigenvalue weighted by molar-refractivity contribution is 6.23. The Bertz CT molecular complexity index is 898. The molecule has 0 radical (unpaired) electrons. The number of carbonyl (C=O) groups is 3. The van der Waals surface area contributed by atoms with Crippen LogP contribution in [0.3, 0.4) is 0 Å². The highest BCUT2D eigenvalue weighted by Gasteiger charge is 2.63. The van der Waals surface area contributed by atoms with Crippen molar-refractivity contribution in [3.8, 4) is 5.75 Å². The number of nitrogens with zero attached hydrogens (tertiary/aromatic N) is 1. The molecule has 2 aliphatic rings. The van der Waals surface area contributed by atoms with E-state index in [9.17, 15) is 24.6 Å². The third-order valence-electron chi connectivity index (χ3n) is 5.17. The van der Waals surface area contributed by atoms with Crippen LogP contribution in [-0.4, -0.2) is 28.9 Å². The molecule has 0 unspecified atom stereocenters. The molecular weight excluding hydrogens is 336 g/mol. The van der Waals surface area contributed by atoms with Crippen LogP contribution < -0.4 is 15.3 Å². The van der Waals surface area contributed by atoms with Crippen molar-refractivity contribution in [2.24, 2.45) is 11.8 Å². The van der Waals surface area contributed by atoms with Gasteiger partial charge in [0.2, 0.25) is 11.8 Å². The SMILES string of the molecule is O=C([O-])[C@H]1[NH2+][C@H](c2ccccc2O)[C@H]2C(=O)N(c3ccccc3)C(=O)[C@H]21. The zero-order valence-corrected chi connectivity index (χ0v) is 13.6. The third kappa shape index (κ3) is 2.28. The molecule has 0 bridgehead atoms. The number of carbonyl (C=O) groups excluding carboxylic acids is 3. The first-order chi connectivity index (χ1) is 12.5. The second-order valence-corrected chi connectivity index (χ2v) is 6.52. The molecule has 0 spiro atoms. The van der Waals surface area contributed by atoms with Crippen molar-refractivity contribution in [1.82, 2.24) is 0 Å². The second kappa shape index (κ2) is 5.96. The van der Waals surface area contributed by atoms with Gasteiger partial charge in [-0.3, -0.25) is 9.59 Å². The van der Waals surface area contributed by atoms with Crippen molar-refractivity contribution in [2.45, 2.75) is 12.1 Å². The van der Waals surface area contributed by atoms with Gasteiger partial charge in [-0.1, -0.05) is 30.3 Å². The maximum atomic E-state index is 13.1. The fourth-order valence-corrected chi connectivity index (χ4v) is 4.05. The van der Waals surface area contributed by atoms with E-state index in [0.29, 0.717) is 11.3 Å². The predicted octanol–water partition coefficient (Wildman–Crippen LogP) is -1.07. The van der Waals surface area contributed by atoms with E-state index < -0.39 is 41.7 Å². The van der Waals surface area contributed by atoms with Crippen molar-refractivity contribution >= 4 is 23.5 Å². The van der Waals surface area contributed by atoms with Crippen molar-refractivity contribution in [1.29, 1.82) is 0 Å². The summed E-state index contributed by atoms with van der Waals surface area (Å²) in [6.07, 6.45) is 0. The van der Waals surface area contributed by atoms with Gasteiger partial charge in [0, 0.05) is 0 Å². The summed E-state index contributed by atoms with van der Waals surface area (Å²) in [5.41, 5.74) is 0.840. The molecule has 2 heterocycles. The Morgan fingerprint density at radius 3 is 2.23 bits per heavy atom. The molecule has 7 nitrogen and oxygen atoms in total. The van der Waals surface area contributed by atoms with Gasteiger partial charge in [-0.05, 0) is 24.3 Å². The molecule has 7 heteroatoms. The Morgan fingerprint density at radius 1 is 0.962 bits per heavy atom. The fourth-order valence-electron chi connectivity index (χ4n) is 4.05. The summed E-state index contributed by atoms with van der Waals surface area (Å²) in [5, 5.41) is 23.2. The zero-order valence-electron chi connectivity index (χ0n) is 13.6. The number of anilines is 1. The molecule has 2 aromatic carbocycles. The monoisotopic (exact) mass is 352 g/mol. The standard InChI is InChI=1S/C19H16N2O5/c22-12-9-5-4-8-11(12)15-13-14(16(20-15)19(25)26)18(24)21(17(13)23)10-6-2-1-3-7-10/h1-9,13-16,20,22H,(H,25,26)/t13-,14+,15+,16-/m0/s1. The predicted molar refractivity (Wildman–Crippen MR) is 87.5 cm³/mol. The number of carboxylic acid groups (broad SMARTS) is 1. The summed E-state index contributed by atoms with van der Waals surface area (Å²) < 4.78 is 0. The minimum atomic E-state index is -1.39. The number of carboxylic acids is 1. The number of amides is 2. The lowest BCUT2D eigenvalue weighted by atomic mass is 9.86. The number of aromatic hydroxyl groups is 1. The maximum absolute atomic E-state index is 13.1. The van der Waals surface area contributed by atoms with Crippen LogP contribution >= 0.6 is 0 Å². The largest absolute Gasteiger partial charge is 0.544 e. The van der Waals surface area contributed by atoms with Crippen molar-refractivity contribution in [3.63, 3.8) is 0 Å². The molecule has 26 heavy (non-hydrogen) atoms. The first-order valence-electron chi connectivity index (χ1n) is 8.27. The van der Waals surface area contributed by atoms with Crippen molar-refractivity contribution in [3.05, 3.63) is 60.2 Å². The van der Waals surface area contributed by atoms with Crippen LogP contribution in [0.2, 0.25) is 0 Å². The molecule has 0 aliphatic carbocycles. The highest BCUT2D eigenvalue weighted by atomic mass is 16.4. The lowest BCUT2D eigenvalue weighted by Gasteiger charge is -2.21. The quantitative estimate of drug-likeness (QED) is 0.683. The third-order valence-corrected chi connectivity index (χ3v) is 5.17. The Morgan fingerprint density at radius 2 is 1.58 bits per heavy atom. The van der Waals surface area contributed by atoms with E-state index in [0.717, 1.165) is 4.90 Å². The van der Waals surface area contributed by atoms with Gasteiger partial charge >= 0.3 is 0 Å². The number of aliphatic carboxylic acids is 1. The molecule has 2 saturated heterocycles. The first kappa shape index (κ1) is 16.3. The molecule has 4 rings (SSSR count). The smallest absolute Gasteiger partial charge is 0.244 e. The van der Waals surface area contributed by atoms with Gasteiger partial charge in [-0.2, -0.15) is 0 Å². The lowest BCUT2D eigenvalue weighted by molar-refractivity contribution is -0.705. The zero-order chi connectivity index (χ0) is 18.4. The molecule has 2 aliphatic heterocycles. The molecule has 0 aromatic heterocycles. The van der Waals surface area contributed by atoms with Crippen LogP contribution in [-0.2, 0) is 14.4 Å². The van der Waals surface area contributed by atoms with Gasteiger partial charge in [-0.25, -0.2) is 4.90 Å². The molecule has 2 fully saturated rings. The normalized spacial score (nSPS) is 27.6. The molecule has 2 amide bonds. The lowest BCUT2D eigenvalue weighted by Crippen LogP contribution is -2.92. The fraction of sp³-hybridized carbons (Fsp3) is 0.211. The summed E-state index contributed by atoms with van der Waals surface area (Å²) in [6, 6.07) is 13.0. The average Bonchev–Trinajstić information content (AvgIpc) is 3.14. The Kier molecular flexibility index (Phi) is 3.73. The molecule has 4 atom stereocenters. The number of hydrogen-bond donors (Lipinski definition) is 2. The van der Waals surface area contributed by atoms with Crippen LogP contribution in [0, 0.1) is 11.8 Å². The van der Waals surface area contributed by atoms with Crippen LogP contribution in [0.25, 0.3) is 0 Å². The van der Waals surface area contributed by atoms with Gasteiger partial charge < -0.3 is 20.3 Å². The molecule has 2 aromatic rings. The van der Waals surface area contributed by atoms with Crippen LogP contribution in [0.5, 0.6) is 5.75 Å². The summed E-state index contributed by atoms with van der Waals surface area (Å²) in [6.45, 7) is 0. The van der Waals surface area contributed by atoms with E-state index in [1.807, 2.05) is 0 Å². The number of phenols is 1. The van der Waals surface area contributed by atoms with E-state index in [2.05, 4.69) is 0 Å². The van der Waals surface area contributed by atoms with Gasteiger partial charge in [-0.15, -0.1) is 0 Å². The molecular formula is C19H16N2O5. The molecule has 0 saturated carbocycles. The molecule has 3 N–H and O–H groups in total. The number of fused-ring (bicyclic) bond motifs is 1. The minimum absolute atomic E-state index is 0.0371. The average molecular weight is 352 g/mol. The topological polar surface area (TPSA) is 114 Å². The number of nitrogens with two attached hydrogens (primary N) is 1. The Balaban J connectivity index is 1.80. The highest BCUT2D eigenvalue weighted by Crippen LogP contribution is 2.43. The summed E-state index contributed by atoms with van der Waals surface area (Å²) in [5.74, 6) is -4.34. The summed E-state index contributed by atoms with van der Waals surface area (Å²) in [4.78, 5) is 38.6. The van der Waals surface area contributed by atoms with Gasteiger partial charge in [0.25, 0.3) is 0 Å². The van der Waals surface area contributed by atoms with Crippen LogP contribution in [0.1, 0.15) is 11.6 Å².